The highest BCUT2D eigenvalue weighted by Gasteiger charge is 2.82. The molecule has 0 radical (unpaired) electrons. The summed E-state index contributed by atoms with van der Waals surface area (Å²) in [6.07, 6.45) is -13.2. The molecule has 0 fully saturated rings. The van der Waals surface area contributed by atoms with Crippen molar-refractivity contribution in [3.63, 3.8) is 0 Å². The average Bonchev–Trinajstić information content (AvgIpc) is 2.22. The van der Waals surface area contributed by atoms with Gasteiger partial charge in [-0.15, -0.1) is 0 Å². The van der Waals surface area contributed by atoms with Gasteiger partial charge in [0.25, 0.3) is 5.67 Å². The van der Waals surface area contributed by atoms with E-state index in [1.54, 1.807) is 0 Å². The molecule has 19 heavy (non-hydrogen) atoms. The molecule has 0 saturated heterocycles. The van der Waals surface area contributed by atoms with Gasteiger partial charge in [-0.1, -0.05) is 36.4 Å². The molecule has 0 aliphatic carbocycles. The molecule has 10 heteroatoms. The molecular weight excluding hydrogens is 406 g/mol. The first kappa shape index (κ1) is 19.1. The van der Waals surface area contributed by atoms with Crippen LogP contribution in [0.1, 0.15) is 20.3 Å². The Bertz CT molecular complexity index is 308. The number of halogens is 10. The molecule has 0 aromatic rings. The van der Waals surface area contributed by atoms with Gasteiger partial charge in [0.1, 0.15) is 0 Å². The van der Waals surface area contributed by atoms with E-state index in [1.807, 2.05) is 0 Å². The van der Waals surface area contributed by atoms with Gasteiger partial charge in [-0.3, -0.25) is 0 Å². The summed E-state index contributed by atoms with van der Waals surface area (Å²) in [7, 11) is 0. The molecule has 0 nitrogen and oxygen atoms in total. The summed E-state index contributed by atoms with van der Waals surface area (Å²) in [5, 5.41) is 0. The molecule has 0 spiro atoms. The third kappa shape index (κ3) is 3.07. The number of rotatable bonds is 4. The van der Waals surface area contributed by atoms with E-state index in [0.29, 0.717) is 6.92 Å². The van der Waals surface area contributed by atoms with Gasteiger partial charge in [0.2, 0.25) is 0 Å². The molecule has 0 amide bonds. The van der Waals surface area contributed by atoms with E-state index in [4.69, 9.17) is 0 Å². The zero-order valence-corrected chi connectivity index (χ0v) is 11.8. The van der Waals surface area contributed by atoms with Crippen LogP contribution in [0.5, 0.6) is 0 Å². The maximum Gasteiger partial charge on any atom is 0.457 e. The molecule has 3 unspecified atom stereocenters. The normalized spacial score (nSPS) is 20.8. The summed E-state index contributed by atoms with van der Waals surface area (Å²) >= 11 is 1.22. The van der Waals surface area contributed by atoms with E-state index in [2.05, 4.69) is 0 Å². The number of hydrogen-bond acceptors (Lipinski definition) is 0. The molecule has 0 rings (SSSR count). The topological polar surface area (TPSA) is 0 Å². The van der Waals surface area contributed by atoms with Crippen LogP contribution in [0.2, 0.25) is 0 Å². The lowest BCUT2D eigenvalue weighted by atomic mass is 9.81. The third-order valence-corrected chi connectivity index (χ3v) is 4.75. The SMILES string of the molecule is CCC(I)C(C)C(F)(C(F)(F)F)C(F)(F)C(F)(F)F. The van der Waals surface area contributed by atoms with Crippen LogP contribution in [0.3, 0.4) is 0 Å². The minimum Gasteiger partial charge on any atom is -0.226 e. The molecule has 0 bridgehead atoms. The van der Waals surface area contributed by atoms with Crippen molar-refractivity contribution in [2.24, 2.45) is 5.92 Å². The summed E-state index contributed by atoms with van der Waals surface area (Å²) in [5.74, 6) is -9.08. The Morgan fingerprint density at radius 1 is 0.842 bits per heavy atom. The van der Waals surface area contributed by atoms with Crippen LogP contribution < -0.4 is 0 Å². The standard InChI is InChI=1S/C9H10F9I/c1-3-5(19)4(2)6(10,8(13,14)15)7(11,12)9(16,17)18/h4-5H,3H2,1-2H3. The summed E-state index contributed by atoms with van der Waals surface area (Å²) in [6, 6.07) is 0. The second-order valence-corrected chi connectivity index (χ2v) is 5.59. The van der Waals surface area contributed by atoms with Crippen molar-refractivity contribution in [1.29, 1.82) is 0 Å². The monoisotopic (exact) mass is 416 g/mol. The van der Waals surface area contributed by atoms with Crippen LogP contribution >= 0.6 is 22.6 Å². The molecule has 116 valence electrons. The summed E-state index contributed by atoms with van der Waals surface area (Å²) < 4.78 is 112. The van der Waals surface area contributed by atoms with Gasteiger partial charge < -0.3 is 0 Å². The van der Waals surface area contributed by atoms with Crippen LogP contribution in [-0.2, 0) is 0 Å². The smallest absolute Gasteiger partial charge is 0.226 e. The zero-order chi connectivity index (χ0) is 15.9. The fourth-order valence-corrected chi connectivity index (χ4v) is 2.03. The average molecular weight is 416 g/mol. The van der Waals surface area contributed by atoms with Gasteiger partial charge in [-0.25, -0.2) is 4.39 Å². The van der Waals surface area contributed by atoms with Crippen molar-refractivity contribution in [2.75, 3.05) is 0 Å². The molecule has 0 aromatic carbocycles. The first-order valence-electron chi connectivity index (χ1n) is 4.98. The van der Waals surface area contributed by atoms with E-state index >= 15 is 0 Å². The van der Waals surface area contributed by atoms with Crippen molar-refractivity contribution in [3.8, 4) is 0 Å². The van der Waals surface area contributed by atoms with Gasteiger partial charge in [-0.05, 0) is 6.42 Å². The van der Waals surface area contributed by atoms with Crippen molar-refractivity contribution < 1.29 is 39.5 Å². The second kappa shape index (κ2) is 5.47. The highest BCUT2D eigenvalue weighted by molar-refractivity contribution is 14.1. The number of hydrogen-bond donors (Lipinski definition) is 0. The van der Waals surface area contributed by atoms with Crippen LogP contribution in [0.25, 0.3) is 0 Å². The molecule has 0 heterocycles. The maximum absolute atomic E-state index is 13.8. The van der Waals surface area contributed by atoms with Crippen LogP contribution in [0, 0.1) is 5.92 Å². The Balaban J connectivity index is 5.97. The van der Waals surface area contributed by atoms with Gasteiger partial charge in [-0.2, -0.15) is 35.1 Å². The lowest BCUT2D eigenvalue weighted by Gasteiger charge is -2.41. The van der Waals surface area contributed by atoms with Crippen molar-refractivity contribution in [1.82, 2.24) is 0 Å². The van der Waals surface area contributed by atoms with Gasteiger partial charge in [0.15, 0.2) is 0 Å². The quantitative estimate of drug-likeness (QED) is 0.332. The van der Waals surface area contributed by atoms with Gasteiger partial charge >= 0.3 is 18.3 Å². The molecule has 0 N–H and O–H groups in total. The zero-order valence-electron chi connectivity index (χ0n) is 9.64. The van der Waals surface area contributed by atoms with Crippen LogP contribution in [0.4, 0.5) is 39.5 Å². The van der Waals surface area contributed by atoms with Crippen molar-refractivity contribution in [2.45, 2.75) is 48.1 Å². The van der Waals surface area contributed by atoms with Crippen molar-refractivity contribution >= 4 is 22.6 Å². The predicted octanol–water partition coefficient (Wildman–Crippen LogP) is 5.30. The molecule has 0 aliphatic rings. The van der Waals surface area contributed by atoms with Crippen LogP contribution in [0.15, 0.2) is 0 Å². The number of alkyl halides is 10. The highest BCUT2D eigenvalue weighted by Crippen LogP contribution is 2.57. The van der Waals surface area contributed by atoms with Gasteiger partial charge in [0.05, 0.1) is 0 Å². The Morgan fingerprint density at radius 2 is 1.21 bits per heavy atom. The largest absolute Gasteiger partial charge is 0.457 e. The minimum atomic E-state index is -6.63. The van der Waals surface area contributed by atoms with Crippen LogP contribution in [-0.4, -0.2) is 27.9 Å². The summed E-state index contributed by atoms with van der Waals surface area (Å²) in [6.45, 7) is 1.66. The fraction of sp³-hybridized carbons (Fsp3) is 1.00. The Labute approximate surface area is 116 Å². The molecule has 0 aliphatic heterocycles. The Kier molecular flexibility index (Phi) is 5.50. The predicted molar refractivity (Wildman–Crippen MR) is 58.2 cm³/mol. The molecular formula is C9H10F9I. The highest BCUT2D eigenvalue weighted by atomic mass is 127. The summed E-state index contributed by atoms with van der Waals surface area (Å²) in [5.41, 5.74) is -5.67. The fourth-order valence-electron chi connectivity index (χ4n) is 1.53. The van der Waals surface area contributed by atoms with E-state index in [9.17, 15) is 39.5 Å². The first-order valence-corrected chi connectivity index (χ1v) is 6.23. The Hall–Kier alpha value is 0.1000. The van der Waals surface area contributed by atoms with Crippen molar-refractivity contribution in [3.05, 3.63) is 0 Å². The molecule has 0 aromatic heterocycles. The molecule has 0 saturated carbocycles. The van der Waals surface area contributed by atoms with Gasteiger partial charge in [0, 0.05) is 9.84 Å². The Morgan fingerprint density at radius 3 is 1.42 bits per heavy atom. The lowest BCUT2D eigenvalue weighted by Crippen LogP contribution is -2.66. The summed E-state index contributed by atoms with van der Waals surface area (Å²) in [4.78, 5) is 0. The minimum absolute atomic E-state index is 0.183. The maximum atomic E-state index is 13.8. The second-order valence-electron chi connectivity index (χ2n) is 3.99. The van der Waals surface area contributed by atoms with E-state index < -0.39 is 33.8 Å². The lowest BCUT2D eigenvalue weighted by molar-refractivity contribution is -0.393. The third-order valence-electron chi connectivity index (χ3n) is 2.79. The van der Waals surface area contributed by atoms with E-state index in [0.717, 1.165) is 0 Å². The van der Waals surface area contributed by atoms with E-state index in [1.165, 1.54) is 29.5 Å². The molecule has 3 atom stereocenters. The first-order chi connectivity index (χ1) is 8.14. The van der Waals surface area contributed by atoms with E-state index in [-0.39, 0.29) is 6.42 Å².